The van der Waals surface area contributed by atoms with Crippen LogP contribution in [0, 0.1) is 0 Å². The van der Waals surface area contributed by atoms with Crippen molar-refractivity contribution in [3.05, 3.63) is 0 Å². The Balaban J connectivity index is 4.11. The van der Waals surface area contributed by atoms with E-state index in [0.29, 0.717) is 12.1 Å². The fourth-order valence-corrected chi connectivity index (χ4v) is 2.57. The van der Waals surface area contributed by atoms with Crippen molar-refractivity contribution in [3.8, 4) is 0 Å². The van der Waals surface area contributed by atoms with E-state index in [-0.39, 0.29) is 0 Å². The van der Waals surface area contributed by atoms with E-state index < -0.39 is 0 Å². The average Bonchev–Trinajstić information content (AvgIpc) is 2.26. The smallest absolute Gasteiger partial charge is 0.0589 e. The highest BCUT2D eigenvalue weighted by atomic mass is 32.2. The van der Waals surface area contributed by atoms with Crippen LogP contribution >= 0.6 is 11.8 Å². The standard InChI is InChI=1S/C12H28N2OS/c1-5-16-9-6-12(10-13)14(11(2)3)7-8-15-4/h11-12H,5-10,13H2,1-4H3. The highest BCUT2D eigenvalue weighted by Crippen LogP contribution is 2.12. The first-order valence-corrected chi connectivity index (χ1v) is 7.35. The second-order valence-electron chi connectivity index (χ2n) is 4.20. The van der Waals surface area contributed by atoms with Gasteiger partial charge in [0.25, 0.3) is 0 Å². The van der Waals surface area contributed by atoms with Gasteiger partial charge < -0.3 is 10.5 Å². The molecule has 2 N–H and O–H groups in total. The van der Waals surface area contributed by atoms with Gasteiger partial charge in [0.1, 0.15) is 0 Å². The molecule has 0 aromatic rings. The summed E-state index contributed by atoms with van der Waals surface area (Å²) < 4.78 is 5.16. The Hall–Kier alpha value is 0.230. The van der Waals surface area contributed by atoms with E-state index >= 15 is 0 Å². The van der Waals surface area contributed by atoms with Crippen LogP contribution < -0.4 is 5.73 Å². The third-order valence-corrected chi connectivity index (χ3v) is 3.69. The summed E-state index contributed by atoms with van der Waals surface area (Å²) in [5.74, 6) is 2.39. The number of methoxy groups -OCH3 is 1. The Morgan fingerprint density at radius 2 is 2.06 bits per heavy atom. The number of rotatable bonds is 10. The van der Waals surface area contributed by atoms with Crippen LogP contribution in [0.3, 0.4) is 0 Å². The lowest BCUT2D eigenvalue weighted by atomic mass is 10.1. The monoisotopic (exact) mass is 248 g/mol. The molecule has 0 spiro atoms. The van der Waals surface area contributed by atoms with Crippen LogP contribution in [0.2, 0.25) is 0 Å². The first-order chi connectivity index (χ1) is 7.67. The van der Waals surface area contributed by atoms with Gasteiger partial charge in [-0.1, -0.05) is 6.92 Å². The molecular weight excluding hydrogens is 220 g/mol. The van der Waals surface area contributed by atoms with Crippen LogP contribution in [-0.4, -0.2) is 55.3 Å². The second kappa shape index (κ2) is 10.4. The first-order valence-electron chi connectivity index (χ1n) is 6.19. The lowest BCUT2D eigenvalue weighted by Gasteiger charge is -2.34. The van der Waals surface area contributed by atoms with Gasteiger partial charge in [-0.2, -0.15) is 11.8 Å². The minimum absolute atomic E-state index is 0.495. The molecule has 0 aliphatic heterocycles. The van der Waals surface area contributed by atoms with Crippen LogP contribution in [-0.2, 0) is 4.74 Å². The largest absolute Gasteiger partial charge is 0.383 e. The number of hydrogen-bond donors (Lipinski definition) is 1. The zero-order valence-electron chi connectivity index (χ0n) is 11.2. The van der Waals surface area contributed by atoms with Gasteiger partial charge in [-0.05, 0) is 31.8 Å². The fraction of sp³-hybridized carbons (Fsp3) is 1.00. The van der Waals surface area contributed by atoms with Crippen molar-refractivity contribution < 1.29 is 4.74 Å². The summed E-state index contributed by atoms with van der Waals surface area (Å²) in [6.07, 6.45) is 1.18. The summed E-state index contributed by atoms with van der Waals surface area (Å²) in [5, 5.41) is 0. The Morgan fingerprint density at radius 3 is 2.50 bits per heavy atom. The molecule has 0 saturated carbocycles. The second-order valence-corrected chi connectivity index (χ2v) is 5.59. The van der Waals surface area contributed by atoms with Gasteiger partial charge in [0.15, 0.2) is 0 Å². The SMILES string of the molecule is CCSCCC(CN)N(CCOC)C(C)C. The summed E-state index contributed by atoms with van der Waals surface area (Å²) in [5.41, 5.74) is 5.87. The van der Waals surface area contributed by atoms with Gasteiger partial charge in [0.2, 0.25) is 0 Å². The van der Waals surface area contributed by atoms with Crippen molar-refractivity contribution in [1.82, 2.24) is 4.90 Å². The predicted molar refractivity (Wildman–Crippen MR) is 74.2 cm³/mol. The van der Waals surface area contributed by atoms with Gasteiger partial charge in [-0.3, -0.25) is 4.90 Å². The maximum Gasteiger partial charge on any atom is 0.0589 e. The van der Waals surface area contributed by atoms with E-state index in [1.54, 1.807) is 7.11 Å². The van der Waals surface area contributed by atoms with E-state index in [0.717, 1.165) is 19.7 Å². The van der Waals surface area contributed by atoms with E-state index in [4.69, 9.17) is 10.5 Å². The summed E-state index contributed by atoms with van der Waals surface area (Å²) >= 11 is 1.99. The van der Waals surface area contributed by atoms with E-state index in [2.05, 4.69) is 25.7 Å². The van der Waals surface area contributed by atoms with Gasteiger partial charge in [0.05, 0.1) is 6.61 Å². The molecule has 0 aromatic carbocycles. The molecule has 0 radical (unpaired) electrons. The third-order valence-electron chi connectivity index (χ3n) is 2.76. The zero-order chi connectivity index (χ0) is 12.4. The van der Waals surface area contributed by atoms with Gasteiger partial charge in [-0.25, -0.2) is 0 Å². The summed E-state index contributed by atoms with van der Waals surface area (Å²) in [7, 11) is 1.75. The molecule has 16 heavy (non-hydrogen) atoms. The Morgan fingerprint density at radius 1 is 1.38 bits per heavy atom. The maximum atomic E-state index is 5.87. The molecule has 3 nitrogen and oxygen atoms in total. The van der Waals surface area contributed by atoms with Crippen LogP contribution in [0.15, 0.2) is 0 Å². The maximum absolute atomic E-state index is 5.87. The number of nitrogens with two attached hydrogens (primary N) is 1. The molecular formula is C12H28N2OS. The van der Waals surface area contributed by atoms with Crippen molar-refractivity contribution >= 4 is 11.8 Å². The zero-order valence-corrected chi connectivity index (χ0v) is 12.1. The minimum atomic E-state index is 0.495. The summed E-state index contributed by atoms with van der Waals surface area (Å²) in [4.78, 5) is 2.46. The molecule has 0 aliphatic carbocycles. The van der Waals surface area contributed by atoms with Gasteiger partial charge in [0, 0.05) is 32.3 Å². The van der Waals surface area contributed by atoms with Crippen LogP contribution in [0.25, 0.3) is 0 Å². The average molecular weight is 248 g/mol. The molecule has 4 heteroatoms. The van der Waals surface area contributed by atoms with Crippen molar-refractivity contribution in [2.75, 3.05) is 38.3 Å². The molecule has 0 fully saturated rings. The predicted octanol–water partition coefficient (Wildman–Crippen LogP) is 1.81. The van der Waals surface area contributed by atoms with Crippen molar-refractivity contribution in [2.24, 2.45) is 5.73 Å². The van der Waals surface area contributed by atoms with Crippen molar-refractivity contribution in [2.45, 2.75) is 39.3 Å². The lowest BCUT2D eigenvalue weighted by Crippen LogP contribution is -2.46. The van der Waals surface area contributed by atoms with Crippen LogP contribution in [0.5, 0.6) is 0 Å². The highest BCUT2D eigenvalue weighted by molar-refractivity contribution is 7.99. The molecule has 0 rings (SSSR count). The van der Waals surface area contributed by atoms with Gasteiger partial charge in [-0.15, -0.1) is 0 Å². The van der Waals surface area contributed by atoms with Crippen molar-refractivity contribution in [1.29, 1.82) is 0 Å². The first kappa shape index (κ1) is 16.2. The van der Waals surface area contributed by atoms with Gasteiger partial charge >= 0.3 is 0 Å². The minimum Gasteiger partial charge on any atom is -0.383 e. The molecule has 0 aromatic heterocycles. The Labute approximate surface area is 105 Å². The molecule has 1 unspecified atom stereocenters. The van der Waals surface area contributed by atoms with Crippen molar-refractivity contribution in [3.63, 3.8) is 0 Å². The summed E-state index contributed by atoms with van der Waals surface area (Å²) in [6, 6.07) is 1.03. The lowest BCUT2D eigenvalue weighted by molar-refractivity contribution is 0.0968. The number of nitrogens with zero attached hydrogens (tertiary/aromatic N) is 1. The topological polar surface area (TPSA) is 38.5 Å². The van der Waals surface area contributed by atoms with Crippen LogP contribution in [0.4, 0.5) is 0 Å². The third kappa shape index (κ3) is 6.74. The molecule has 0 bridgehead atoms. The van der Waals surface area contributed by atoms with E-state index in [1.807, 2.05) is 11.8 Å². The molecule has 0 amide bonds. The fourth-order valence-electron chi connectivity index (χ4n) is 1.84. The van der Waals surface area contributed by atoms with Crippen LogP contribution in [0.1, 0.15) is 27.2 Å². The van der Waals surface area contributed by atoms with E-state index in [9.17, 15) is 0 Å². The molecule has 1 atom stereocenters. The van der Waals surface area contributed by atoms with E-state index in [1.165, 1.54) is 17.9 Å². The number of hydrogen-bond acceptors (Lipinski definition) is 4. The number of ether oxygens (including phenoxy) is 1. The molecule has 98 valence electrons. The molecule has 0 heterocycles. The summed E-state index contributed by atoms with van der Waals surface area (Å²) in [6.45, 7) is 9.17. The number of thioether (sulfide) groups is 1. The normalized spacial score (nSPS) is 13.7. The Kier molecular flexibility index (Phi) is 10.5. The molecule has 0 aliphatic rings. The quantitative estimate of drug-likeness (QED) is 0.599. The molecule has 0 saturated heterocycles. The Bertz CT molecular complexity index is 156. The highest BCUT2D eigenvalue weighted by Gasteiger charge is 2.19.